The third-order valence-corrected chi connectivity index (χ3v) is 17.9. The van der Waals surface area contributed by atoms with Gasteiger partial charge in [-0.1, -0.05) is 170 Å². The van der Waals surface area contributed by atoms with Gasteiger partial charge in [-0.3, -0.25) is 0 Å². The Hall–Kier alpha value is -2.66. The predicted molar refractivity (Wildman–Crippen MR) is 236 cm³/mol. The summed E-state index contributed by atoms with van der Waals surface area (Å²) in [6.07, 6.45) is 30.4. The summed E-state index contributed by atoms with van der Waals surface area (Å²) in [5.74, 6) is 14.6. The molecule has 0 saturated heterocycles. The molecule has 0 aromatic heterocycles. The average molecular weight is 719 g/mol. The number of benzene rings is 2. The van der Waals surface area contributed by atoms with Crippen molar-refractivity contribution in [1.29, 1.82) is 0 Å². The van der Waals surface area contributed by atoms with E-state index in [1.807, 2.05) is 0 Å². The molecule has 0 heterocycles. The maximum Gasteiger partial charge on any atom is 0.146 e. The van der Waals surface area contributed by atoms with Crippen LogP contribution in [0.1, 0.15) is 216 Å². The smallest absolute Gasteiger partial charge is 0.125 e. The monoisotopic (exact) mass is 719 g/mol. The number of rotatable bonds is 23. The Kier molecular flexibility index (Phi) is 22.2. The summed E-state index contributed by atoms with van der Waals surface area (Å²) in [6, 6.07) is 9.61. The highest BCUT2D eigenvalue weighted by Crippen LogP contribution is 2.41. The van der Waals surface area contributed by atoms with Crippen molar-refractivity contribution in [2.24, 2.45) is 0 Å². The second-order valence-corrected chi connectivity index (χ2v) is 22.2. The average Bonchev–Trinajstić information content (AvgIpc) is 3.12. The van der Waals surface area contributed by atoms with E-state index >= 15 is 0 Å². The van der Waals surface area contributed by atoms with Crippen LogP contribution < -0.4 is 0 Å². The second-order valence-electron chi connectivity index (χ2n) is 16.6. The largest absolute Gasteiger partial charge is 0.146 e. The summed E-state index contributed by atoms with van der Waals surface area (Å²) >= 11 is 0. The lowest BCUT2D eigenvalue weighted by atomic mass is 9.91. The lowest BCUT2D eigenvalue weighted by Gasteiger charge is -2.38. The van der Waals surface area contributed by atoms with Crippen LogP contribution in [-0.2, 0) is 25.7 Å². The maximum absolute atomic E-state index is 6.12. The van der Waals surface area contributed by atoms with Gasteiger partial charge in [-0.15, -0.1) is 12.0 Å². The van der Waals surface area contributed by atoms with Crippen molar-refractivity contribution in [3.05, 3.63) is 68.8 Å². The van der Waals surface area contributed by atoms with Gasteiger partial charge >= 0.3 is 0 Å². The molecule has 0 fully saturated rings. The Balaban J connectivity index is 2.80. The predicted octanol–water partition coefficient (Wildman–Crippen LogP) is 15.1. The highest BCUT2D eigenvalue weighted by molar-refractivity contribution is 6.90. The minimum atomic E-state index is -1.86. The fourth-order valence-electron chi connectivity index (χ4n) is 8.40. The molecular weight excluding hydrogens is 641 g/mol. The fourth-order valence-corrected chi connectivity index (χ4v) is 13.6. The molecule has 2 rings (SSSR count). The molecule has 2 aromatic carbocycles. The molecule has 0 atom stereocenters. The molecule has 0 aliphatic heterocycles. The summed E-state index contributed by atoms with van der Waals surface area (Å²) in [6.45, 7) is 23.7. The van der Waals surface area contributed by atoms with Gasteiger partial charge in [-0.2, -0.15) is 0 Å². The van der Waals surface area contributed by atoms with Crippen molar-refractivity contribution in [3.8, 4) is 35.6 Å². The van der Waals surface area contributed by atoms with Crippen molar-refractivity contribution < 1.29 is 0 Å². The van der Waals surface area contributed by atoms with E-state index in [0.29, 0.717) is 16.6 Å². The zero-order chi connectivity index (χ0) is 38.4. The van der Waals surface area contributed by atoms with E-state index in [0.717, 1.165) is 31.2 Å². The van der Waals surface area contributed by atoms with Crippen molar-refractivity contribution in [2.75, 3.05) is 0 Å². The SMILES string of the molecule is C#Cc1cc(CCCCCC)c(C#Cc2cc(CCCCCC)c(C#C[Si](C(C)C)(C(C)C)C(C)C)cc2CCCCCC)cc1CCCCCC. The van der Waals surface area contributed by atoms with Gasteiger partial charge in [-0.25, -0.2) is 0 Å². The van der Waals surface area contributed by atoms with Gasteiger partial charge in [0.05, 0.1) is 0 Å². The van der Waals surface area contributed by atoms with Gasteiger partial charge in [0.25, 0.3) is 0 Å². The molecule has 0 saturated carbocycles. The van der Waals surface area contributed by atoms with Crippen molar-refractivity contribution in [3.63, 3.8) is 0 Å². The molecule has 0 N–H and O–H groups in total. The molecular formula is C51H78Si. The van der Waals surface area contributed by atoms with Crippen LogP contribution in [0.3, 0.4) is 0 Å². The van der Waals surface area contributed by atoms with E-state index in [1.165, 1.54) is 142 Å². The third-order valence-electron chi connectivity index (χ3n) is 11.6. The minimum absolute atomic E-state index is 0.625. The number of aryl methyl sites for hydroxylation is 4. The molecule has 0 spiro atoms. The minimum Gasteiger partial charge on any atom is -0.125 e. The number of hydrogen-bond acceptors (Lipinski definition) is 0. The van der Waals surface area contributed by atoms with Gasteiger partial charge in [0.2, 0.25) is 0 Å². The maximum atomic E-state index is 6.12. The fraction of sp³-hybridized carbons (Fsp3) is 0.647. The number of unbranched alkanes of at least 4 members (excludes halogenated alkanes) is 12. The zero-order valence-corrected chi connectivity index (χ0v) is 36.8. The van der Waals surface area contributed by atoms with E-state index in [2.05, 4.69) is 123 Å². The Morgan fingerprint density at radius 2 is 0.712 bits per heavy atom. The molecule has 52 heavy (non-hydrogen) atoms. The highest BCUT2D eigenvalue weighted by Gasteiger charge is 2.41. The lowest BCUT2D eigenvalue weighted by Crippen LogP contribution is -2.43. The number of terminal acetylenes is 1. The Morgan fingerprint density at radius 3 is 1.00 bits per heavy atom. The molecule has 0 unspecified atom stereocenters. The molecule has 0 radical (unpaired) electrons. The standard InChI is InChI=1S/C51H78Si/c1-12-17-21-25-29-45-38-49(46(37-44(45)16-5)30-26-22-18-13-2)33-34-50-39-48(32-28-24-20-15-4)51(40-47(50)31-27-23-19-14-3)35-36-52(41(6)7,42(8)9)43(10)11/h5,37-43H,12-15,17-32H2,1-4,6-11H3. The van der Waals surface area contributed by atoms with Crippen LogP contribution in [0.5, 0.6) is 0 Å². The van der Waals surface area contributed by atoms with Gasteiger partial charge in [0.1, 0.15) is 8.07 Å². The van der Waals surface area contributed by atoms with Crippen LogP contribution in [0.4, 0.5) is 0 Å². The summed E-state index contributed by atoms with van der Waals surface area (Å²) in [7, 11) is -1.86. The van der Waals surface area contributed by atoms with Gasteiger partial charge < -0.3 is 0 Å². The van der Waals surface area contributed by atoms with Gasteiger partial charge in [0.15, 0.2) is 0 Å². The molecule has 2 aromatic rings. The first kappa shape index (κ1) is 45.5. The van der Waals surface area contributed by atoms with E-state index in [4.69, 9.17) is 6.42 Å². The zero-order valence-electron chi connectivity index (χ0n) is 35.8. The van der Waals surface area contributed by atoms with E-state index < -0.39 is 8.07 Å². The van der Waals surface area contributed by atoms with Crippen LogP contribution in [0, 0.1) is 35.6 Å². The summed E-state index contributed by atoms with van der Waals surface area (Å²) < 4.78 is 0. The van der Waals surface area contributed by atoms with Crippen LogP contribution in [0.2, 0.25) is 16.6 Å². The molecule has 0 aliphatic carbocycles. The second kappa shape index (κ2) is 25.4. The molecule has 0 nitrogen and oxygen atoms in total. The van der Waals surface area contributed by atoms with Crippen LogP contribution >= 0.6 is 0 Å². The normalized spacial score (nSPS) is 11.5. The summed E-state index contributed by atoms with van der Waals surface area (Å²) in [5, 5.41) is 0. The molecule has 0 amide bonds. The lowest BCUT2D eigenvalue weighted by molar-refractivity contribution is 0.662. The third kappa shape index (κ3) is 14.3. The van der Waals surface area contributed by atoms with Crippen LogP contribution in [0.25, 0.3) is 0 Å². The molecule has 0 aliphatic rings. The molecule has 1 heteroatoms. The first-order chi connectivity index (χ1) is 25.1. The van der Waals surface area contributed by atoms with E-state index in [9.17, 15) is 0 Å². The first-order valence-electron chi connectivity index (χ1n) is 21.9. The Labute approximate surface area is 325 Å². The van der Waals surface area contributed by atoms with Crippen molar-refractivity contribution in [2.45, 2.75) is 214 Å². The van der Waals surface area contributed by atoms with Gasteiger partial charge in [0, 0.05) is 22.3 Å². The molecule has 0 bridgehead atoms. The summed E-state index contributed by atoms with van der Waals surface area (Å²) in [4.78, 5) is 0. The number of hydrogen-bond donors (Lipinski definition) is 0. The Bertz CT molecular complexity index is 1470. The quantitative estimate of drug-likeness (QED) is 0.0610. The first-order valence-corrected chi connectivity index (χ1v) is 24.2. The van der Waals surface area contributed by atoms with Gasteiger partial charge in [-0.05, 0) is 115 Å². The van der Waals surface area contributed by atoms with Crippen LogP contribution in [0.15, 0.2) is 24.3 Å². The molecule has 286 valence electrons. The Morgan fingerprint density at radius 1 is 0.423 bits per heavy atom. The van der Waals surface area contributed by atoms with Crippen molar-refractivity contribution in [1.82, 2.24) is 0 Å². The van der Waals surface area contributed by atoms with Crippen LogP contribution in [-0.4, -0.2) is 8.07 Å². The van der Waals surface area contributed by atoms with E-state index in [1.54, 1.807) is 0 Å². The highest BCUT2D eigenvalue weighted by atomic mass is 28.3. The van der Waals surface area contributed by atoms with E-state index in [-0.39, 0.29) is 0 Å². The van der Waals surface area contributed by atoms with Crippen molar-refractivity contribution >= 4 is 8.07 Å². The topological polar surface area (TPSA) is 0 Å². The summed E-state index contributed by atoms with van der Waals surface area (Å²) in [5.41, 5.74) is 16.1.